The van der Waals surface area contributed by atoms with E-state index in [-0.39, 0.29) is 0 Å². The molecule has 0 spiro atoms. The van der Waals surface area contributed by atoms with Crippen molar-refractivity contribution in [2.24, 2.45) is 0 Å². The molecule has 0 aliphatic heterocycles. The van der Waals surface area contributed by atoms with Crippen LogP contribution in [0.4, 0.5) is 17.1 Å². The van der Waals surface area contributed by atoms with Crippen LogP contribution in [0.1, 0.15) is 0 Å². The number of furan rings is 2. The van der Waals surface area contributed by atoms with Gasteiger partial charge in [-0.05, 0) is 86.3 Å². The highest BCUT2D eigenvalue weighted by Crippen LogP contribution is 2.50. The van der Waals surface area contributed by atoms with Crippen molar-refractivity contribution >= 4 is 82.5 Å². The molecule has 0 bridgehead atoms. The zero-order chi connectivity index (χ0) is 38.9. The topological polar surface area (TPSA) is 29.5 Å². The maximum absolute atomic E-state index is 6.91. The van der Waals surface area contributed by atoms with Crippen LogP contribution in [0.5, 0.6) is 0 Å². The molecule has 0 radical (unpaired) electrons. The molecule has 0 unspecified atom stereocenters. The minimum Gasteiger partial charge on any atom is -0.455 e. The molecule has 0 saturated heterocycles. The quantitative estimate of drug-likeness (QED) is 0.158. The van der Waals surface area contributed by atoms with Crippen LogP contribution in [0.2, 0.25) is 0 Å². The fourth-order valence-electron chi connectivity index (χ4n) is 9.09. The molecule has 3 nitrogen and oxygen atoms in total. The van der Waals surface area contributed by atoms with Crippen LogP contribution in [-0.4, -0.2) is 0 Å². The summed E-state index contributed by atoms with van der Waals surface area (Å²) >= 11 is 0. The Bertz CT molecular complexity index is 3540. The molecule has 2 heterocycles. The van der Waals surface area contributed by atoms with Crippen molar-refractivity contribution in [1.29, 1.82) is 0 Å². The maximum Gasteiger partial charge on any atom is 0.145 e. The van der Waals surface area contributed by atoms with Crippen LogP contribution in [0.25, 0.3) is 98.8 Å². The summed E-state index contributed by atoms with van der Waals surface area (Å²) in [6.07, 6.45) is 0. The molecule has 2 aromatic heterocycles. The molecule has 276 valence electrons. The van der Waals surface area contributed by atoms with Crippen LogP contribution < -0.4 is 4.90 Å². The second-order valence-corrected chi connectivity index (χ2v) is 15.2. The van der Waals surface area contributed by atoms with Gasteiger partial charge in [0.2, 0.25) is 0 Å². The third-order valence-corrected chi connectivity index (χ3v) is 11.9. The van der Waals surface area contributed by atoms with Crippen LogP contribution in [0, 0.1) is 0 Å². The highest BCUT2D eigenvalue weighted by atomic mass is 16.3. The molecule has 0 amide bonds. The third-order valence-electron chi connectivity index (χ3n) is 11.9. The highest BCUT2D eigenvalue weighted by molar-refractivity contribution is 6.21. The molecule has 0 N–H and O–H groups in total. The average molecular weight is 754 g/mol. The summed E-state index contributed by atoms with van der Waals surface area (Å²) in [5.74, 6) is 0. The van der Waals surface area contributed by atoms with E-state index in [1.807, 2.05) is 6.07 Å². The SMILES string of the molecule is c1ccc(-c2ccc(-c3ccc(N(c4ccc5ccc6ccccc6c5c4)c4cccc5oc6c(-c7ccccc7)cccc6c45)c4c3oc3ccccc34)cc2)cc1. The summed E-state index contributed by atoms with van der Waals surface area (Å²) in [6.45, 7) is 0. The van der Waals surface area contributed by atoms with E-state index >= 15 is 0 Å². The molecule has 12 rings (SSSR count). The van der Waals surface area contributed by atoms with Crippen molar-refractivity contribution in [3.8, 4) is 33.4 Å². The van der Waals surface area contributed by atoms with Crippen molar-refractivity contribution in [1.82, 2.24) is 0 Å². The number of benzene rings is 10. The van der Waals surface area contributed by atoms with Gasteiger partial charge in [-0.1, -0.05) is 170 Å². The number of nitrogens with zero attached hydrogens (tertiary/aromatic N) is 1. The maximum atomic E-state index is 6.91. The van der Waals surface area contributed by atoms with E-state index in [9.17, 15) is 0 Å². The number of hydrogen-bond donors (Lipinski definition) is 0. The van der Waals surface area contributed by atoms with E-state index in [2.05, 4.69) is 211 Å². The zero-order valence-electron chi connectivity index (χ0n) is 32.0. The fraction of sp³-hybridized carbons (Fsp3) is 0. The molecular weight excluding hydrogens is 719 g/mol. The van der Waals surface area contributed by atoms with Gasteiger partial charge in [-0.15, -0.1) is 0 Å². The minimum absolute atomic E-state index is 0.834. The number of rotatable bonds is 6. The van der Waals surface area contributed by atoms with Gasteiger partial charge in [0.1, 0.15) is 22.3 Å². The van der Waals surface area contributed by atoms with Crippen LogP contribution in [-0.2, 0) is 0 Å². The molecule has 0 atom stereocenters. The van der Waals surface area contributed by atoms with E-state index in [0.29, 0.717) is 0 Å². The van der Waals surface area contributed by atoms with Crippen LogP contribution >= 0.6 is 0 Å². The zero-order valence-corrected chi connectivity index (χ0v) is 32.0. The number of para-hydroxylation sites is 2. The number of fused-ring (bicyclic) bond motifs is 9. The van der Waals surface area contributed by atoms with Gasteiger partial charge in [-0.3, -0.25) is 0 Å². The lowest BCUT2D eigenvalue weighted by atomic mass is 9.96. The first-order valence-corrected chi connectivity index (χ1v) is 20.1. The summed E-state index contributed by atoms with van der Waals surface area (Å²) < 4.78 is 13.8. The molecule has 0 saturated carbocycles. The molecule has 0 aliphatic carbocycles. The first kappa shape index (κ1) is 33.3. The highest BCUT2D eigenvalue weighted by Gasteiger charge is 2.26. The predicted octanol–water partition coefficient (Wildman–Crippen LogP) is 16.3. The van der Waals surface area contributed by atoms with Gasteiger partial charge in [0, 0.05) is 27.6 Å². The Balaban J connectivity index is 1.15. The summed E-state index contributed by atoms with van der Waals surface area (Å²) in [6, 6.07) is 75.6. The van der Waals surface area contributed by atoms with Crippen molar-refractivity contribution in [3.05, 3.63) is 212 Å². The minimum atomic E-state index is 0.834. The molecular formula is C56H35NO2. The Morgan fingerprint density at radius 1 is 0.305 bits per heavy atom. The fourth-order valence-corrected chi connectivity index (χ4v) is 9.09. The summed E-state index contributed by atoms with van der Waals surface area (Å²) in [7, 11) is 0. The monoisotopic (exact) mass is 753 g/mol. The Labute approximate surface area is 340 Å². The lowest BCUT2D eigenvalue weighted by molar-refractivity contribution is 0.670. The molecule has 0 aliphatic rings. The van der Waals surface area contributed by atoms with E-state index in [1.54, 1.807) is 0 Å². The van der Waals surface area contributed by atoms with Gasteiger partial charge in [-0.2, -0.15) is 0 Å². The smallest absolute Gasteiger partial charge is 0.145 e. The van der Waals surface area contributed by atoms with Crippen molar-refractivity contribution in [3.63, 3.8) is 0 Å². The number of anilines is 3. The van der Waals surface area contributed by atoms with Gasteiger partial charge in [0.05, 0.1) is 22.1 Å². The van der Waals surface area contributed by atoms with Gasteiger partial charge in [-0.25, -0.2) is 0 Å². The Morgan fingerprint density at radius 2 is 0.864 bits per heavy atom. The normalized spacial score (nSPS) is 11.7. The van der Waals surface area contributed by atoms with Crippen LogP contribution in [0.15, 0.2) is 221 Å². The molecule has 0 fully saturated rings. The predicted molar refractivity (Wildman–Crippen MR) is 247 cm³/mol. The van der Waals surface area contributed by atoms with Gasteiger partial charge >= 0.3 is 0 Å². The lowest BCUT2D eigenvalue weighted by Gasteiger charge is -2.28. The Morgan fingerprint density at radius 3 is 1.69 bits per heavy atom. The van der Waals surface area contributed by atoms with Gasteiger partial charge < -0.3 is 13.7 Å². The first-order valence-electron chi connectivity index (χ1n) is 20.1. The third kappa shape index (κ3) is 5.36. The van der Waals surface area contributed by atoms with E-state index in [4.69, 9.17) is 8.83 Å². The first-order chi connectivity index (χ1) is 29.3. The second-order valence-electron chi connectivity index (χ2n) is 15.2. The molecule has 10 aromatic carbocycles. The van der Waals surface area contributed by atoms with E-state index in [1.165, 1.54) is 32.7 Å². The Kier molecular flexibility index (Phi) is 7.54. The molecule has 3 heteroatoms. The second kappa shape index (κ2) is 13.4. The summed E-state index contributed by atoms with van der Waals surface area (Å²) in [5.41, 5.74) is 13.2. The van der Waals surface area contributed by atoms with Crippen molar-refractivity contribution in [2.45, 2.75) is 0 Å². The van der Waals surface area contributed by atoms with E-state index < -0.39 is 0 Å². The standard InChI is InChI=1S/C56H35NO2/c1-3-13-36(14-4-1)37-25-27-40(28-26-37)45-33-34-50(54-46-19-9-10-23-51(46)58-56(45)54)57(42-32-31-41-30-29-39-17-7-8-18-43(39)48(41)35-42)49-22-12-24-52-53(49)47-21-11-20-44(55(47)59-52)38-15-5-2-6-16-38/h1-35H. The van der Waals surface area contributed by atoms with E-state index in [0.717, 1.165) is 83.2 Å². The Hall–Kier alpha value is -7.88. The lowest BCUT2D eigenvalue weighted by Crippen LogP contribution is -2.11. The number of hydrogen-bond acceptors (Lipinski definition) is 3. The summed E-state index contributed by atoms with van der Waals surface area (Å²) in [5, 5.41) is 9.07. The van der Waals surface area contributed by atoms with Gasteiger partial charge in [0.15, 0.2) is 0 Å². The summed E-state index contributed by atoms with van der Waals surface area (Å²) in [4.78, 5) is 2.42. The molecule has 59 heavy (non-hydrogen) atoms. The van der Waals surface area contributed by atoms with Crippen molar-refractivity contribution < 1.29 is 8.83 Å². The average Bonchev–Trinajstić information content (AvgIpc) is 3.90. The van der Waals surface area contributed by atoms with Gasteiger partial charge in [0.25, 0.3) is 0 Å². The van der Waals surface area contributed by atoms with Crippen molar-refractivity contribution in [2.75, 3.05) is 4.90 Å². The molecule has 12 aromatic rings. The largest absolute Gasteiger partial charge is 0.455 e. The van der Waals surface area contributed by atoms with Crippen LogP contribution in [0.3, 0.4) is 0 Å².